The first-order chi connectivity index (χ1) is 9.19. The highest BCUT2D eigenvalue weighted by Crippen LogP contribution is 2.11. The Balaban J connectivity index is 1.95. The molecular formula is C15H17N3O. The van der Waals surface area contributed by atoms with Gasteiger partial charge in [-0.3, -0.25) is 4.79 Å². The monoisotopic (exact) mass is 255 g/mol. The van der Waals surface area contributed by atoms with Crippen molar-refractivity contribution in [2.75, 3.05) is 5.32 Å². The number of hydrogen-bond donors (Lipinski definition) is 3. The summed E-state index contributed by atoms with van der Waals surface area (Å²) >= 11 is 0. The maximum Gasteiger partial charge on any atom is 0.248 e. The average Bonchev–Trinajstić information content (AvgIpc) is 2.46. The van der Waals surface area contributed by atoms with Crippen LogP contribution in [0.3, 0.4) is 0 Å². The molecule has 0 radical (unpaired) electrons. The van der Waals surface area contributed by atoms with Crippen molar-refractivity contribution < 1.29 is 4.79 Å². The summed E-state index contributed by atoms with van der Waals surface area (Å²) in [6.45, 7) is 1.28. The highest BCUT2D eigenvalue weighted by molar-refractivity contribution is 5.93. The Morgan fingerprint density at radius 1 is 0.947 bits per heavy atom. The highest BCUT2D eigenvalue weighted by Gasteiger charge is 1.99. The first-order valence-corrected chi connectivity index (χ1v) is 6.10. The van der Waals surface area contributed by atoms with Crippen molar-refractivity contribution in [1.82, 2.24) is 0 Å². The van der Waals surface area contributed by atoms with Crippen LogP contribution in [0.1, 0.15) is 21.5 Å². The minimum atomic E-state index is -0.413. The number of nitrogens with two attached hydrogens (primary N) is 2. The van der Waals surface area contributed by atoms with Crippen molar-refractivity contribution in [1.29, 1.82) is 0 Å². The van der Waals surface area contributed by atoms with Crippen LogP contribution in [0.5, 0.6) is 0 Å². The zero-order valence-corrected chi connectivity index (χ0v) is 10.6. The Hall–Kier alpha value is -2.33. The van der Waals surface area contributed by atoms with Crippen molar-refractivity contribution in [2.45, 2.75) is 13.1 Å². The minimum absolute atomic E-state index is 0.413. The first kappa shape index (κ1) is 13.1. The molecule has 98 valence electrons. The number of rotatable bonds is 5. The third kappa shape index (κ3) is 3.56. The molecule has 0 aromatic heterocycles. The zero-order valence-electron chi connectivity index (χ0n) is 10.6. The fourth-order valence-electron chi connectivity index (χ4n) is 1.75. The number of benzene rings is 2. The Labute approximate surface area is 112 Å². The number of carbonyl (C=O) groups excluding carboxylic acids is 1. The van der Waals surface area contributed by atoms with E-state index in [1.54, 1.807) is 12.1 Å². The van der Waals surface area contributed by atoms with Crippen LogP contribution in [0.15, 0.2) is 48.5 Å². The van der Waals surface area contributed by atoms with E-state index in [2.05, 4.69) is 5.32 Å². The van der Waals surface area contributed by atoms with Crippen molar-refractivity contribution in [3.63, 3.8) is 0 Å². The minimum Gasteiger partial charge on any atom is -0.381 e. The van der Waals surface area contributed by atoms with E-state index in [-0.39, 0.29) is 0 Å². The van der Waals surface area contributed by atoms with E-state index in [9.17, 15) is 4.79 Å². The lowest BCUT2D eigenvalue weighted by molar-refractivity contribution is 0.100. The maximum absolute atomic E-state index is 10.9. The van der Waals surface area contributed by atoms with Crippen LogP contribution >= 0.6 is 0 Å². The van der Waals surface area contributed by atoms with E-state index in [0.29, 0.717) is 12.1 Å². The largest absolute Gasteiger partial charge is 0.381 e. The third-order valence-electron chi connectivity index (χ3n) is 2.92. The van der Waals surface area contributed by atoms with Crippen molar-refractivity contribution in [3.05, 3.63) is 65.2 Å². The predicted molar refractivity (Wildman–Crippen MR) is 76.6 cm³/mol. The molecule has 0 unspecified atom stereocenters. The van der Waals surface area contributed by atoms with Crippen molar-refractivity contribution >= 4 is 11.6 Å². The topological polar surface area (TPSA) is 81.1 Å². The number of primary amides is 1. The van der Waals surface area contributed by atoms with Crippen LogP contribution < -0.4 is 16.8 Å². The number of carbonyl (C=O) groups is 1. The zero-order chi connectivity index (χ0) is 13.7. The van der Waals surface area contributed by atoms with Crippen molar-refractivity contribution in [3.8, 4) is 0 Å². The van der Waals surface area contributed by atoms with Gasteiger partial charge in [0.15, 0.2) is 0 Å². The number of nitrogens with one attached hydrogen (secondary N) is 1. The number of amides is 1. The molecule has 4 heteroatoms. The van der Waals surface area contributed by atoms with Gasteiger partial charge < -0.3 is 16.8 Å². The summed E-state index contributed by atoms with van der Waals surface area (Å²) in [4.78, 5) is 10.9. The number of hydrogen-bond acceptors (Lipinski definition) is 3. The summed E-state index contributed by atoms with van der Waals surface area (Å²) in [5.41, 5.74) is 14.5. The van der Waals surface area contributed by atoms with E-state index in [1.807, 2.05) is 36.4 Å². The van der Waals surface area contributed by atoms with Gasteiger partial charge in [0.25, 0.3) is 0 Å². The van der Waals surface area contributed by atoms with Gasteiger partial charge in [-0.1, -0.05) is 24.3 Å². The molecule has 0 aliphatic heterocycles. The Bertz CT molecular complexity index is 547. The predicted octanol–water partition coefficient (Wildman–Crippen LogP) is 1.86. The van der Waals surface area contributed by atoms with Gasteiger partial charge in [-0.05, 0) is 35.4 Å². The van der Waals surface area contributed by atoms with Gasteiger partial charge >= 0.3 is 0 Å². The van der Waals surface area contributed by atoms with Gasteiger partial charge in [0.2, 0.25) is 5.91 Å². The van der Waals surface area contributed by atoms with E-state index < -0.39 is 5.91 Å². The molecule has 0 saturated heterocycles. The molecule has 2 rings (SSSR count). The number of anilines is 1. The lowest BCUT2D eigenvalue weighted by Gasteiger charge is -2.07. The molecular weight excluding hydrogens is 238 g/mol. The van der Waals surface area contributed by atoms with Gasteiger partial charge in [0, 0.05) is 24.3 Å². The molecule has 0 atom stereocenters. The summed E-state index contributed by atoms with van der Waals surface area (Å²) in [7, 11) is 0. The quantitative estimate of drug-likeness (QED) is 0.762. The Morgan fingerprint density at radius 2 is 1.53 bits per heavy atom. The van der Waals surface area contributed by atoms with E-state index >= 15 is 0 Å². The summed E-state index contributed by atoms with van der Waals surface area (Å²) in [5.74, 6) is -0.413. The second-order valence-electron chi connectivity index (χ2n) is 4.32. The smallest absolute Gasteiger partial charge is 0.248 e. The normalized spacial score (nSPS) is 10.2. The van der Waals surface area contributed by atoms with Crippen molar-refractivity contribution in [2.24, 2.45) is 11.5 Å². The molecule has 0 saturated carbocycles. The molecule has 19 heavy (non-hydrogen) atoms. The second-order valence-corrected chi connectivity index (χ2v) is 4.32. The van der Waals surface area contributed by atoms with Gasteiger partial charge in [-0.25, -0.2) is 0 Å². The second kappa shape index (κ2) is 6.02. The molecule has 0 aliphatic carbocycles. The van der Waals surface area contributed by atoms with Crippen LogP contribution in [0.2, 0.25) is 0 Å². The molecule has 0 aliphatic rings. The average molecular weight is 255 g/mol. The van der Waals surface area contributed by atoms with Crippen LogP contribution in [0, 0.1) is 0 Å². The molecule has 0 heterocycles. The Kier molecular flexibility index (Phi) is 4.15. The SMILES string of the molecule is NCc1ccc(CNc2ccc(C(N)=O)cc2)cc1. The lowest BCUT2D eigenvalue weighted by Crippen LogP contribution is -2.10. The molecule has 2 aromatic carbocycles. The van der Waals surface area contributed by atoms with Crippen LogP contribution in [0.4, 0.5) is 5.69 Å². The van der Waals surface area contributed by atoms with E-state index in [4.69, 9.17) is 11.5 Å². The van der Waals surface area contributed by atoms with Crippen LogP contribution in [-0.2, 0) is 13.1 Å². The van der Waals surface area contributed by atoms with Gasteiger partial charge in [0.05, 0.1) is 0 Å². The summed E-state index contributed by atoms with van der Waals surface area (Å²) in [6.07, 6.45) is 0. The molecule has 2 aromatic rings. The van der Waals surface area contributed by atoms with E-state index in [0.717, 1.165) is 17.8 Å². The highest BCUT2D eigenvalue weighted by atomic mass is 16.1. The summed E-state index contributed by atoms with van der Waals surface area (Å²) in [6, 6.07) is 15.2. The van der Waals surface area contributed by atoms with Gasteiger partial charge in [-0.15, -0.1) is 0 Å². The van der Waals surface area contributed by atoms with Gasteiger partial charge in [-0.2, -0.15) is 0 Å². The van der Waals surface area contributed by atoms with Crippen LogP contribution in [-0.4, -0.2) is 5.91 Å². The third-order valence-corrected chi connectivity index (χ3v) is 2.92. The molecule has 5 N–H and O–H groups in total. The lowest BCUT2D eigenvalue weighted by atomic mass is 10.1. The Morgan fingerprint density at radius 3 is 2.05 bits per heavy atom. The molecule has 0 bridgehead atoms. The first-order valence-electron chi connectivity index (χ1n) is 6.10. The van der Waals surface area contributed by atoms with E-state index in [1.165, 1.54) is 5.56 Å². The summed E-state index contributed by atoms with van der Waals surface area (Å²) < 4.78 is 0. The summed E-state index contributed by atoms with van der Waals surface area (Å²) in [5, 5.41) is 3.28. The molecule has 0 spiro atoms. The fraction of sp³-hybridized carbons (Fsp3) is 0.133. The van der Waals surface area contributed by atoms with Gasteiger partial charge in [0.1, 0.15) is 0 Å². The maximum atomic E-state index is 10.9. The molecule has 4 nitrogen and oxygen atoms in total. The van der Waals surface area contributed by atoms with Crippen LogP contribution in [0.25, 0.3) is 0 Å². The fourth-order valence-corrected chi connectivity index (χ4v) is 1.75. The molecule has 0 fully saturated rings. The molecule has 1 amide bonds. The standard InChI is InChI=1S/C15H17N3O/c16-9-11-1-3-12(4-2-11)10-18-14-7-5-13(6-8-14)15(17)19/h1-8,18H,9-10,16H2,(H2,17,19).